The van der Waals surface area contributed by atoms with Gasteiger partial charge in [0.1, 0.15) is 5.75 Å². The Morgan fingerprint density at radius 3 is 2.71 bits per heavy atom. The molecule has 0 unspecified atom stereocenters. The van der Waals surface area contributed by atoms with Gasteiger partial charge < -0.3 is 19.4 Å². The second-order valence-corrected chi connectivity index (χ2v) is 10.8. The van der Waals surface area contributed by atoms with Crippen molar-refractivity contribution in [2.75, 3.05) is 46.2 Å². The van der Waals surface area contributed by atoms with Gasteiger partial charge in [-0.1, -0.05) is 29.7 Å². The van der Waals surface area contributed by atoms with Crippen LogP contribution in [0.4, 0.5) is 9.93 Å². The van der Waals surface area contributed by atoms with Crippen LogP contribution in [0.3, 0.4) is 0 Å². The molecule has 3 rings (SSSR count). The van der Waals surface area contributed by atoms with Crippen LogP contribution in [-0.2, 0) is 4.79 Å². The molecular weight excluding hydrogens is 486 g/mol. The Hall–Kier alpha value is -3.05. The van der Waals surface area contributed by atoms with E-state index in [1.165, 1.54) is 34.1 Å². The molecule has 188 valence electrons. The van der Waals surface area contributed by atoms with Gasteiger partial charge in [-0.25, -0.2) is 9.78 Å². The smallest absolute Gasteiger partial charge is 0.323 e. The molecule has 1 aromatic heterocycles. The number of carbonyl (C=O) groups is 3. The Balaban J connectivity index is 1.82. The second-order valence-electron chi connectivity index (χ2n) is 8.42. The van der Waals surface area contributed by atoms with Gasteiger partial charge in [0.05, 0.1) is 23.1 Å². The third-order valence-electron chi connectivity index (χ3n) is 5.63. The normalized spacial score (nSPS) is 15.9. The van der Waals surface area contributed by atoms with E-state index >= 15 is 0 Å². The van der Waals surface area contributed by atoms with E-state index in [1.807, 2.05) is 26.0 Å². The van der Waals surface area contributed by atoms with Crippen molar-refractivity contribution in [2.24, 2.45) is 0 Å². The van der Waals surface area contributed by atoms with E-state index in [0.717, 1.165) is 14.7 Å². The van der Waals surface area contributed by atoms with Gasteiger partial charge in [-0.3, -0.25) is 14.9 Å². The van der Waals surface area contributed by atoms with E-state index < -0.39 is 0 Å². The van der Waals surface area contributed by atoms with Crippen LogP contribution in [-0.4, -0.2) is 84.4 Å². The van der Waals surface area contributed by atoms with E-state index in [0.29, 0.717) is 42.5 Å². The molecule has 4 amide bonds. The highest BCUT2D eigenvalue weighted by atomic mass is 32.2. The van der Waals surface area contributed by atoms with E-state index in [9.17, 15) is 14.4 Å². The fourth-order valence-electron chi connectivity index (χ4n) is 3.74. The Kier molecular flexibility index (Phi) is 8.79. The summed E-state index contributed by atoms with van der Waals surface area (Å²) in [6, 6.07) is 3.34. The molecule has 0 radical (unpaired) electrons. The van der Waals surface area contributed by atoms with Gasteiger partial charge in [0.25, 0.3) is 5.91 Å². The van der Waals surface area contributed by atoms with Crippen LogP contribution in [0.15, 0.2) is 40.1 Å². The van der Waals surface area contributed by atoms with Crippen LogP contribution in [0.2, 0.25) is 0 Å². The second kappa shape index (κ2) is 11.6. The maximum absolute atomic E-state index is 13.6. The molecule has 1 N–H and O–H groups in total. The average molecular weight is 518 g/mol. The van der Waals surface area contributed by atoms with E-state index in [2.05, 4.69) is 16.9 Å². The summed E-state index contributed by atoms with van der Waals surface area (Å²) < 4.78 is 6.43. The van der Waals surface area contributed by atoms with E-state index in [1.54, 1.807) is 37.2 Å². The summed E-state index contributed by atoms with van der Waals surface area (Å²) >= 11 is 2.84. The number of aromatic nitrogens is 1. The first-order chi connectivity index (χ1) is 16.6. The lowest BCUT2D eigenvalue weighted by Crippen LogP contribution is -2.43. The summed E-state index contributed by atoms with van der Waals surface area (Å²) in [6.45, 7) is 9.05. The lowest BCUT2D eigenvalue weighted by molar-refractivity contribution is -0.127. The molecule has 1 atom stereocenters. The number of thiazole rings is 1. The van der Waals surface area contributed by atoms with Crippen molar-refractivity contribution < 1.29 is 19.1 Å². The van der Waals surface area contributed by atoms with Crippen molar-refractivity contribution in [3.8, 4) is 5.75 Å². The molecule has 0 aliphatic carbocycles. The maximum atomic E-state index is 13.6. The first kappa shape index (κ1) is 26.6. The van der Waals surface area contributed by atoms with Crippen LogP contribution in [0.1, 0.15) is 29.3 Å². The highest BCUT2D eigenvalue weighted by molar-refractivity contribution is 8.01. The zero-order chi connectivity index (χ0) is 25.7. The van der Waals surface area contributed by atoms with Gasteiger partial charge >= 0.3 is 6.03 Å². The Morgan fingerprint density at radius 1 is 1.31 bits per heavy atom. The zero-order valence-corrected chi connectivity index (χ0v) is 22.3. The SMILES string of the molecule is C=CC(=O)N1CCCN(C(=O)c2cc(Sc3cnc(NC(=O)N(C)C)s3)c(C)cc2OC)C[C@H]1C. The summed E-state index contributed by atoms with van der Waals surface area (Å²) in [5.74, 6) is 0.256. The standard InChI is InChI=1S/C24H31N5O4S2/c1-7-20(30)29-10-8-9-28(14-16(29)3)22(31)17-12-19(15(2)11-18(17)33-6)34-21-13-25-23(35-21)26-24(32)27(4)5/h7,11-13,16H,1,8-10,14H2,2-6H3,(H,25,26,32)/t16-/m1/s1. The van der Waals surface area contributed by atoms with Gasteiger partial charge in [-0.05, 0) is 44.0 Å². The summed E-state index contributed by atoms with van der Waals surface area (Å²) in [5, 5.41) is 3.25. The molecule has 1 saturated heterocycles. The van der Waals surface area contributed by atoms with Crippen LogP contribution in [0, 0.1) is 6.92 Å². The maximum Gasteiger partial charge on any atom is 0.323 e. The number of nitrogens with one attached hydrogen (secondary N) is 1. The number of nitrogens with zero attached hydrogens (tertiary/aromatic N) is 4. The van der Waals surface area contributed by atoms with Gasteiger partial charge in [-0.15, -0.1) is 0 Å². The lowest BCUT2D eigenvalue weighted by atomic mass is 10.1. The lowest BCUT2D eigenvalue weighted by Gasteiger charge is -2.28. The molecule has 1 aliphatic rings. The third-order valence-corrected chi connectivity index (χ3v) is 7.80. The number of benzene rings is 1. The van der Waals surface area contributed by atoms with Crippen LogP contribution in [0.25, 0.3) is 0 Å². The fraction of sp³-hybridized carbons (Fsp3) is 0.417. The number of hydrogen-bond donors (Lipinski definition) is 1. The number of amides is 4. The Bertz CT molecular complexity index is 1120. The first-order valence-corrected chi connectivity index (χ1v) is 12.8. The number of hydrogen-bond acceptors (Lipinski definition) is 7. The molecule has 2 aromatic rings. The first-order valence-electron chi connectivity index (χ1n) is 11.2. The molecule has 11 heteroatoms. The minimum atomic E-state index is -0.246. The minimum absolute atomic E-state index is 0.120. The number of rotatable bonds is 6. The third kappa shape index (κ3) is 6.34. The van der Waals surface area contributed by atoms with E-state index in [4.69, 9.17) is 4.74 Å². The molecule has 35 heavy (non-hydrogen) atoms. The summed E-state index contributed by atoms with van der Waals surface area (Å²) in [4.78, 5) is 47.8. The molecule has 1 aliphatic heterocycles. The van der Waals surface area contributed by atoms with Crippen molar-refractivity contribution in [1.82, 2.24) is 19.7 Å². The molecule has 1 aromatic carbocycles. The molecule has 0 saturated carbocycles. The van der Waals surface area contributed by atoms with Crippen LogP contribution >= 0.6 is 23.1 Å². The number of anilines is 1. The molecular formula is C24H31N5O4S2. The number of methoxy groups -OCH3 is 1. The van der Waals surface area contributed by atoms with Gasteiger partial charge in [-0.2, -0.15) is 0 Å². The predicted octanol–water partition coefficient (Wildman–Crippen LogP) is 3.95. The molecule has 1 fully saturated rings. The quantitative estimate of drug-likeness (QED) is 0.583. The van der Waals surface area contributed by atoms with Gasteiger partial charge in [0, 0.05) is 44.7 Å². The summed E-state index contributed by atoms with van der Waals surface area (Å²) in [5.41, 5.74) is 1.43. The Labute approximate surface area is 214 Å². The van der Waals surface area contributed by atoms with Crippen molar-refractivity contribution >= 4 is 46.1 Å². The molecule has 0 bridgehead atoms. The average Bonchev–Trinajstić information content (AvgIpc) is 3.17. The van der Waals surface area contributed by atoms with Crippen molar-refractivity contribution in [2.45, 2.75) is 35.4 Å². The largest absolute Gasteiger partial charge is 0.496 e. The van der Waals surface area contributed by atoms with Crippen molar-refractivity contribution in [3.05, 3.63) is 42.1 Å². The monoisotopic (exact) mass is 517 g/mol. The number of carbonyl (C=O) groups excluding carboxylic acids is 3. The minimum Gasteiger partial charge on any atom is -0.496 e. The topological polar surface area (TPSA) is 95.1 Å². The Morgan fingerprint density at radius 2 is 2.06 bits per heavy atom. The highest BCUT2D eigenvalue weighted by Gasteiger charge is 2.29. The number of aryl methyl sites for hydroxylation is 1. The molecule has 2 heterocycles. The number of urea groups is 1. The number of ether oxygens (including phenoxy) is 1. The highest BCUT2D eigenvalue weighted by Crippen LogP contribution is 2.38. The van der Waals surface area contributed by atoms with Crippen LogP contribution < -0.4 is 10.1 Å². The zero-order valence-electron chi connectivity index (χ0n) is 20.7. The summed E-state index contributed by atoms with van der Waals surface area (Å²) in [7, 11) is 4.88. The van der Waals surface area contributed by atoms with E-state index in [-0.39, 0.29) is 23.9 Å². The molecule has 9 nitrogen and oxygen atoms in total. The fourth-order valence-corrected chi connectivity index (χ4v) is 5.68. The van der Waals surface area contributed by atoms with Gasteiger partial charge in [0.2, 0.25) is 5.91 Å². The van der Waals surface area contributed by atoms with Gasteiger partial charge in [0.15, 0.2) is 5.13 Å². The van der Waals surface area contributed by atoms with Crippen LogP contribution in [0.5, 0.6) is 5.75 Å². The summed E-state index contributed by atoms with van der Waals surface area (Å²) in [6.07, 6.45) is 3.71. The van der Waals surface area contributed by atoms with Crippen molar-refractivity contribution in [1.29, 1.82) is 0 Å². The predicted molar refractivity (Wildman–Crippen MR) is 139 cm³/mol. The molecule has 0 spiro atoms. The van der Waals surface area contributed by atoms with Crippen molar-refractivity contribution in [3.63, 3.8) is 0 Å².